The van der Waals surface area contributed by atoms with E-state index < -0.39 is 0 Å². The van der Waals surface area contributed by atoms with Gasteiger partial charge in [0.15, 0.2) is 0 Å². The van der Waals surface area contributed by atoms with Gasteiger partial charge in [-0.3, -0.25) is 0 Å². The minimum atomic E-state index is 0.355. The fourth-order valence-corrected chi connectivity index (χ4v) is 4.24. The Hall–Kier alpha value is -0.670. The maximum atomic E-state index is 5.87. The zero-order valence-corrected chi connectivity index (χ0v) is 12.5. The lowest BCUT2D eigenvalue weighted by Gasteiger charge is -2.33. The van der Waals surface area contributed by atoms with Gasteiger partial charge < -0.3 is 0 Å². The number of rotatable bonds is 0. The molecule has 2 nitrogen and oxygen atoms in total. The van der Waals surface area contributed by atoms with Crippen LogP contribution in [0.4, 0.5) is 0 Å². The number of aryl methyl sites for hydroxylation is 1. The van der Waals surface area contributed by atoms with Crippen molar-refractivity contribution in [3.63, 3.8) is 0 Å². The first-order chi connectivity index (χ1) is 8.45. The molecule has 1 unspecified atom stereocenters. The Morgan fingerprint density at radius 3 is 2.89 bits per heavy atom. The van der Waals surface area contributed by atoms with E-state index in [2.05, 4.69) is 30.7 Å². The van der Waals surface area contributed by atoms with Gasteiger partial charge in [0.05, 0.1) is 0 Å². The quantitative estimate of drug-likeness (QED) is 0.664. The molecule has 2 heterocycles. The molecular weight excluding hydrogens is 264 g/mol. The summed E-state index contributed by atoms with van der Waals surface area (Å²) in [7, 11) is 0. The van der Waals surface area contributed by atoms with E-state index in [0.717, 1.165) is 17.2 Å². The van der Waals surface area contributed by atoms with Crippen molar-refractivity contribution in [1.82, 2.24) is 9.97 Å². The molecule has 2 aromatic heterocycles. The highest BCUT2D eigenvalue weighted by atomic mass is 35.5. The Morgan fingerprint density at radius 2 is 2.17 bits per heavy atom. The molecule has 4 heteroatoms. The summed E-state index contributed by atoms with van der Waals surface area (Å²) in [5.74, 6) is 0.765. The van der Waals surface area contributed by atoms with E-state index in [9.17, 15) is 0 Å². The van der Waals surface area contributed by atoms with Crippen molar-refractivity contribution >= 4 is 33.2 Å². The predicted molar refractivity (Wildman–Crippen MR) is 77.4 cm³/mol. The van der Waals surface area contributed by atoms with Crippen LogP contribution in [0.2, 0.25) is 5.28 Å². The van der Waals surface area contributed by atoms with Gasteiger partial charge in [-0.2, -0.15) is 0 Å². The fourth-order valence-electron chi connectivity index (χ4n) is 2.78. The molecule has 2 aromatic rings. The lowest BCUT2D eigenvalue weighted by Crippen LogP contribution is -2.26. The van der Waals surface area contributed by atoms with Gasteiger partial charge >= 0.3 is 0 Å². The summed E-state index contributed by atoms with van der Waals surface area (Å²) in [5.41, 5.74) is 1.85. The normalized spacial score (nSPS) is 20.1. The van der Waals surface area contributed by atoms with E-state index in [1.54, 1.807) is 11.3 Å². The van der Waals surface area contributed by atoms with Gasteiger partial charge in [-0.15, -0.1) is 11.3 Å². The molecule has 0 bridgehead atoms. The minimum absolute atomic E-state index is 0.355. The lowest BCUT2D eigenvalue weighted by molar-refractivity contribution is 0.218. The van der Waals surface area contributed by atoms with Crippen LogP contribution in [-0.2, 0) is 12.8 Å². The minimum Gasteiger partial charge on any atom is -0.226 e. The van der Waals surface area contributed by atoms with E-state index in [1.165, 1.54) is 28.7 Å². The second-order valence-corrected chi connectivity index (χ2v) is 7.59. The Bertz CT molecular complexity index is 598. The second kappa shape index (κ2) is 4.17. The maximum Gasteiger partial charge on any atom is 0.223 e. The number of thiophene rings is 1. The van der Waals surface area contributed by atoms with Crippen molar-refractivity contribution in [2.75, 3.05) is 0 Å². The van der Waals surface area contributed by atoms with Crippen LogP contribution in [0.5, 0.6) is 0 Å². The first kappa shape index (κ1) is 12.4. The predicted octanol–water partition coefficient (Wildman–Crippen LogP) is 4.50. The van der Waals surface area contributed by atoms with Crippen molar-refractivity contribution in [2.45, 2.75) is 40.0 Å². The molecule has 0 aromatic carbocycles. The van der Waals surface area contributed by atoms with Crippen molar-refractivity contribution in [3.8, 4) is 0 Å². The van der Waals surface area contributed by atoms with E-state index in [-0.39, 0.29) is 0 Å². The van der Waals surface area contributed by atoms with Crippen LogP contribution in [0.3, 0.4) is 0 Å². The summed E-state index contributed by atoms with van der Waals surface area (Å²) < 4.78 is 0. The number of halogens is 1. The topological polar surface area (TPSA) is 25.8 Å². The lowest BCUT2D eigenvalue weighted by atomic mass is 9.72. The van der Waals surface area contributed by atoms with Gasteiger partial charge in [0, 0.05) is 16.5 Å². The van der Waals surface area contributed by atoms with Crippen molar-refractivity contribution in [1.29, 1.82) is 0 Å². The number of fused-ring (bicyclic) bond motifs is 3. The largest absolute Gasteiger partial charge is 0.226 e. The van der Waals surface area contributed by atoms with Crippen LogP contribution in [0, 0.1) is 11.3 Å². The zero-order chi connectivity index (χ0) is 12.9. The number of hydrogen-bond donors (Lipinski definition) is 0. The molecule has 1 atom stereocenters. The van der Waals surface area contributed by atoms with Crippen LogP contribution >= 0.6 is 22.9 Å². The monoisotopic (exact) mass is 280 g/mol. The van der Waals surface area contributed by atoms with Crippen LogP contribution in [0.25, 0.3) is 10.2 Å². The molecule has 0 radical (unpaired) electrons. The molecule has 0 saturated heterocycles. The standard InChI is InChI=1S/C14H17ClN2S/c1-14(2,3)8-4-5-9-10-7-16-13(15)17-12(10)18-11(9)6-8/h7-8H,4-6H2,1-3H3. The average molecular weight is 281 g/mol. The Morgan fingerprint density at radius 1 is 1.39 bits per heavy atom. The van der Waals surface area contributed by atoms with E-state index >= 15 is 0 Å². The molecule has 1 aliphatic carbocycles. The maximum absolute atomic E-state index is 5.87. The first-order valence-corrected chi connectivity index (χ1v) is 7.57. The van der Waals surface area contributed by atoms with Crippen LogP contribution in [0.1, 0.15) is 37.6 Å². The smallest absolute Gasteiger partial charge is 0.223 e. The highest BCUT2D eigenvalue weighted by molar-refractivity contribution is 7.18. The van der Waals surface area contributed by atoms with Crippen LogP contribution in [0.15, 0.2) is 6.20 Å². The van der Waals surface area contributed by atoms with Gasteiger partial charge in [0.2, 0.25) is 5.28 Å². The third-order valence-electron chi connectivity index (χ3n) is 4.01. The highest BCUT2D eigenvalue weighted by Crippen LogP contribution is 2.42. The number of nitrogens with zero attached hydrogens (tertiary/aromatic N) is 2. The first-order valence-electron chi connectivity index (χ1n) is 6.38. The third-order valence-corrected chi connectivity index (χ3v) is 5.35. The molecule has 0 saturated carbocycles. The van der Waals surface area contributed by atoms with Crippen LogP contribution < -0.4 is 0 Å². The molecule has 0 amide bonds. The van der Waals surface area contributed by atoms with Gasteiger partial charge in [0.1, 0.15) is 4.83 Å². The Labute approximate surface area is 116 Å². The summed E-state index contributed by atoms with van der Waals surface area (Å²) in [4.78, 5) is 11.0. The molecule has 0 spiro atoms. The average Bonchev–Trinajstić information content (AvgIpc) is 2.63. The molecule has 0 aliphatic heterocycles. The molecule has 96 valence electrons. The van der Waals surface area contributed by atoms with Crippen molar-refractivity contribution in [3.05, 3.63) is 21.9 Å². The summed E-state index contributed by atoms with van der Waals surface area (Å²) in [6.45, 7) is 7.02. The van der Waals surface area contributed by atoms with Gasteiger partial charge in [-0.1, -0.05) is 20.8 Å². The SMILES string of the molecule is CC(C)(C)C1CCc2c(sc3nc(Cl)ncc23)C1. The molecule has 18 heavy (non-hydrogen) atoms. The Balaban J connectivity index is 2.05. The molecule has 0 fully saturated rings. The van der Waals surface area contributed by atoms with Gasteiger partial charge in [-0.05, 0) is 47.8 Å². The van der Waals surface area contributed by atoms with E-state index in [1.807, 2.05) is 6.20 Å². The molecule has 3 rings (SSSR count). The summed E-state index contributed by atoms with van der Waals surface area (Å²) in [6.07, 6.45) is 5.49. The third kappa shape index (κ3) is 2.04. The van der Waals surface area contributed by atoms with E-state index in [4.69, 9.17) is 11.6 Å². The van der Waals surface area contributed by atoms with E-state index in [0.29, 0.717) is 10.7 Å². The second-order valence-electron chi connectivity index (χ2n) is 6.17. The highest BCUT2D eigenvalue weighted by Gasteiger charge is 2.30. The van der Waals surface area contributed by atoms with Crippen molar-refractivity contribution in [2.24, 2.45) is 11.3 Å². The van der Waals surface area contributed by atoms with Crippen LogP contribution in [-0.4, -0.2) is 9.97 Å². The van der Waals surface area contributed by atoms with Gasteiger partial charge in [0.25, 0.3) is 0 Å². The summed E-state index contributed by atoms with van der Waals surface area (Å²) in [6, 6.07) is 0. The molecule has 1 aliphatic rings. The Kier molecular flexibility index (Phi) is 2.87. The molecular formula is C14H17ClN2S. The molecule has 0 N–H and O–H groups in total. The number of aromatic nitrogens is 2. The number of hydrogen-bond acceptors (Lipinski definition) is 3. The van der Waals surface area contributed by atoms with Gasteiger partial charge in [-0.25, -0.2) is 9.97 Å². The fraction of sp³-hybridized carbons (Fsp3) is 0.571. The summed E-state index contributed by atoms with van der Waals surface area (Å²) >= 11 is 7.67. The summed E-state index contributed by atoms with van der Waals surface area (Å²) in [5, 5.41) is 1.57. The van der Waals surface area contributed by atoms with Crippen molar-refractivity contribution < 1.29 is 0 Å². The zero-order valence-electron chi connectivity index (χ0n) is 11.0.